The summed E-state index contributed by atoms with van der Waals surface area (Å²) in [5.41, 5.74) is 3.76. The van der Waals surface area contributed by atoms with Crippen molar-refractivity contribution in [3.05, 3.63) is 101 Å². The van der Waals surface area contributed by atoms with E-state index in [1.54, 1.807) is 4.40 Å². The van der Waals surface area contributed by atoms with Crippen molar-refractivity contribution in [3.8, 4) is 5.69 Å². The van der Waals surface area contributed by atoms with Crippen LogP contribution in [0.5, 0.6) is 0 Å². The Morgan fingerprint density at radius 1 is 0.828 bits per heavy atom. The lowest BCUT2D eigenvalue weighted by Gasteiger charge is -2.08. The molecule has 5 aromatic rings. The van der Waals surface area contributed by atoms with Gasteiger partial charge in [-0.2, -0.15) is 4.68 Å². The van der Waals surface area contributed by atoms with Crippen molar-refractivity contribution in [1.82, 2.24) is 19.2 Å². The maximum Gasteiger partial charge on any atom is 0.355 e. The van der Waals surface area contributed by atoms with Gasteiger partial charge in [-0.1, -0.05) is 60.7 Å². The van der Waals surface area contributed by atoms with E-state index in [9.17, 15) is 4.79 Å². The fraction of sp³-hybridized carbons (Fsp3) is 0.0870. The molecule has 1 N–H and O–H groups in total. The summed E-state index contributed by atoms with van der Waals surface area (Å²) in [6.45, 7) is 0.692. The van der Waals surface area contributed by atoms with E-state index in [2.05, 4.69) is 22.5 Å². The topological polar surface area (TPSA) is 64.2 Å². The number of nitrogens with one attached hydrogen (secondary N) is 1. The molecule has 0 aliphatic heterocycles. The lowest BCUT2D eigenvalue weighted by molar-refractivity contribution is 0.842. The maximum absolute atomic E-state index is 13.2. The van der Waals surface area contributed by atoms with Gasteiger partial charge in [0.1, 0.15) is 0 Å². The van der Waals surface area contributed by atoms with Gasteiger partial charge in [-0.15, -0.1) is 5.10 Å². The molecular weight excluding hydrogens is 362 g/mol. The highest BCUT2D eigenvalue weighted by atomic mass is 16.2. The van der Waals surface area contributed by atoms with Crippen LogP contribution in [-0.4, -0.2) is 25.7 Å². The number of anilines is 1. The van der Waals surface area contributed by atoms with Crippen molar-refractivity contribution in [2.45, 2.75) is 6.42 Å². The summed E-state index contributed by atoms with van der Waals surface area (Å²) in [6, 6.07) is 27.3. The molecule has 2 aromatic heterocycles. The smallest absolute Gasteiger partial charge is 0.355 e. The molecule has 0 fully saturated rings. The Balaban J connectivity index is 1.62. The molecule has 142 valence electrons. The SMILES string of the molecule is O=c1n(-c2ccccc2)nc2c(NCCc3ccccc3)nc3ccccc3n12. The first-order chi connectivity index (χ1) is 14.3. The van der Waals surface area contributed by atoms with Crippen LogP contribution in [0.25, 0.3) is 22.4 Å². The van der Waals surface area contributed by atoms with E-state index in [1.807, 2.05) is 72.8 Å². The second-order valence-corrected chi connectivity index (χ2v) is 6.80. The van der Waals surface area contributed by atoms with Crippen molar-refractivity contribution in [2.24, 2.45) is 0 Å². The van der Waals surface area contributed by atoms with Gasteiger partial charge in [0.05, 0.1) is 16.7 Å². The van der Waals surface area contributed by atoms with Crippen LogP contribution in [-0.2, 0) is 6.42 Å². The van der Waals surface area contributed by atoms with E-state index in [0.717, 1.165) is 23.1 Å². The van der Waals surface area contributed by atoms with Gasteiger partial charge in [0.25, 0.3) is 0 Å². The van der Waals surface area contributed by atoms with Gasteiger partial charge in [0.15, 0.2) is 5.82 Å². The summed E-state index contributed by atoms with van der Waals surface area (Å²) >= 11 is 0. The molecular formula is C23H19N5O. The average molecular weight is 381 g/mol. The fourth-order valence-corrected chi connectivity index (χ4v) is 3.48. The summed E-state index contributed by atoms with van der Waals surface area (Å²) < 4.78 is 3.05. The van der Waals surface area contributed by atoms with Crippen LogP contribution >= 0.6 is 0 Å². The van der Waals surface area contributed by atoms with Crippen molar-refractivity contribution in [1.29, 1.82) is 0 Å². The zero-order chi connectivity index (χ0) is 19.6. The predicted octanol–water partition coefficient (Wildman–Crippen LogP) is 3.69. The number of aromatic nitrogens is 4. The molecule has 0 amide bonds. The molecule has 3 aromatic carbocycles. The minimum atomic E-state index is -0.212. The summed E-state index contributed by atoms with van der Waals surface area (Å²) in [6.07, 6.45) is 0.852. The fourth-order valence-electron chi connectivity index (χ4n) is 3.48. The zero-order valence-electron chi connectivity index (χ0n) is 15.7. The molecule has 0 atom stereocenters. The largest absolute Gasteiger partial charge is 0.367 e. The van der Waals surface area contributed by atoms with Gasteiger partial charge in [-0.25, -0.2) is 14.2 Å². The van der Waals surface area contributed by atoms with Crippen LogP contribution in [0.1, 0.15) is 5.56 Å². The van der Waals surface area contributed by atoms with Crippen molar-refractivity contribution >= 4 is 22.5 Å². The lowest BCUT2D eigenvalue weighted by Crippen LogP contribution is -2.20. The molecule has 0 saturated carbocycles. The number of para-hydroxylation sites is 3. The molecule has 5 rings (SSSR count). The number of hydrogen-bond donors (Lipinski definition) is 1. The molecule has 6 heteroatoms. The highest BCUT2D eigenvalue weighted by Gasteiger charge is 2.16. The summed E-state index contributed by atoms with van der Waals surface area (Å²) in [7, 11) is 0. The molecule has 2 heterocycles. The van der Waals surface area contributed by atoms with Crippen LogP contribution < -0.4 is 11.0 Å². The molecule has 6 nitrogen and oxygen atoms in total. The van der Waals surface area contributed by atoms with Gasteiger partial charge in [-0.3, -0.25) is 0 Å². The predicted molar refractivity (Wildman–Crippen MR) is 115 cm³/mol. The molecule has 0 aliphatic rings. The Kier molecular flexibility index (Phi) is 4.29. The van der Waals surface area contributed by atoms with E-state index in [4.69, 9.17) is 4.98 Å². The molecule has 0 bridgehead atoms. The van der Waals surface area contributed by atoms with E-state index in [1.165, 1.54) is 10.2 Å². The normalized spacial score (nSPS) is 11.2. The lowest BCUT2D eigenvalue weighted by atomic mass is 10.1. The average Bonchev–Trinajstić information content (AvgIpc) is 3.13. The number of fused-ring (bicyclic) bond motifs is 3. The monoisotopic (exact) mass is 381 g/mol. The summed E-state index contributed by atoms with van der Waals surface area (Å²) in [5, 5.41) is 7.97. The van der Waals surface area contributed by atoms with E-state index in [-0.39, 0.29) is 5.69 Å². The van der Waals surface area contributed by atoms with Crippen molar-refractivity contribution in [3.63, 3.8) is 0 Å². The van der Waals surface area contributed by atoms with Gasteiger partial charge in [-0.05, 0) is 36.2 Å². The molecule has 29 heavy (non-hydrogen) atoms. The minimum absolute atomic E-state index is 0.212. The Morgan fingerprint density at radius 2 is 1.52 bits per heavy atom. The Hall–Kier alpha value is -3.93. The molecule has 0 saturated heterocycles. The minimum Gasteiger partial charge on any atom is -0.367 e. The molecule has 0 unspecified atom stereocenters. The number of hydrogen-bond acceptors (Lipinski definition) is 4. The van der Waals surface area contributed by atoms with Crippen LogP contribution in [0.3, 0.4) is 0 Å². The standard InChI is InChI=1S/C23H19N5O/c29-23-27-20-14-8-7-13-19(20)25-21(24-16-15-17-9-3-1-4-10-17)22(27)26-28(23)18-11-5-2-6-12-18/h1-14H,15-16H2,(H,24,25). The van der Waals surface area contributed by atoms with Gasteiger partial charge in [0, 0.05) is 6.54 Å². The van der Waals surface area contributed by atoms with Gasteiger partial charge >= 0.3 is 5.69 Å². The quantitative estimate of drug-likeness (QED) is 0.504. The summed E-state index contributed by atoms with van der Waals surface area (Å²) in [5.74, 6) is 0.603. The zero-order valence-corrected chi connectivity index (χ0v) is 15.7. The van der Waals surface area contributed by atoms with E-state index < -0.39 is 0 Å². The van der Waals surface area contributed by atoms with Crippen molar-refractivity contribution < 1.29 is 0 Å². The molecule has 0 radical (unpaired) electrons. The second kappa shape index (κ2) is 7.24. The third-order valence-electron chi connectivity index (χ3n) is 4.90. The molecule has 0 spiro atoms. The van der Waals surface area contributed by atoms with Crippen LogP contribution in [0.4, 0.5) is 5.82 Å². The Morgan fingerprint density at radius 3 is 2.31 bits per heavy atom. The number of benzene rings is 3. The van der Waals surface area contributed by atoms with Gasteiger partial charge < -0.3 is 5.32 Å². The molecule has 0 aliphatic carbocycles. The van der Waals surface area contributed by atoms with E-state index in [0.29, 0.717) is 18.0 Å². The van der Waals surface area contributed by atoms with Crippen molar-refractivity contribution in [2.75, 3.05) is 11.9 Å². The first-order valence-electron chi connectivity index (χ1n) is 9.55. The van der Waals surface area contributed by atoms with Crippen LogP contribution in [0, 0.1) is 0 Å². The van der Waals surface area contributed by atoms with Gasteiger partial charge in [0.2, 0.25) is 5.65 Å². The highest BCUT2D eigenvalue weighted by molar-refractivity contribution is 5.82. The second-order valence-electron chi connectivity index (χ2n) is 6.80. The Bertz CT molecular complexity index is 1340. The van der Waals surface area contributed by atoms with E-state index >= 15 is 0 Å². The summed E-state index contributed by atoms with van der Waals surface area (Å²) in [4.78, 5) is 17.9. The first kappa shape index (κ1) is 17.2. The number of nitrogens with zero attached hydrogens (tertiary/aromatic N) is 4. The maximum atomic E-state index is 13.2. The van der Waals surface area contributed by atoms with Crippen LogP contribution in [0.15, 0.2) is 89.7 Å². The Labute approximate surface area is 167 Å². The third kappa shape index (κ3) is 3.14. The number of rotatable bonds is 5. The first-order valence-corrected chi connectivity index (χ1v) is 9.55. The highest BCUT2D eigenvalue weighted by Crippen LogP contribution is 2.20. The third-order valence-corrected chi connectivity index (χ3v) is 4.90. The van der Waals surface area contributed by atoms with Crippen LogP contribution in [0.2, 0.25) is 0 Å².